The summed E-state index contributed by atoms with van der Waals surface area (Å²) in [6, 6.07) is 28.2. The summed E-state index contributed by atoms with van der Waals surface area (Å²) in [4.78, 5) is 30.1. The van der Waals surface area contributed by atoms with Crippen molar-refractivity contribution in [2.75, 3.05) is 4.90 Å². The molecular formula is C32H27N3O3. The van der Waals surface area contributed by atoms with E-state index in [1.807, 2.05) is 73.7 Å². The number of allylic oxidation sites excluding steroid dienone is 1. The molecule has 0 fully saturated rings. The van der Waals surface area contributed by atoms with Crippen molar-refractivity contribution in [2.24, 2.45) is 5.41 Å². The summed E-state index contributed by atoms with van der Waals surface area (Å²) in [5.41, 5.74) is -0.973. The van der Waals surface area contributed by atoms with Gasteiger partial charge >= 0.3 is 5.97 Å². The summed E-state index contributed by atoms with van der Waals surface area (Å²) < 4.78 is 5.76. The van der Waals surface area contributed by atoms with Crippen LogP contribution in [0.2, 0.25) is 0 Å². The van der Waals surface area contributed by atoms with Crippen LogP contribution in [0.3, 0.4) is 0 Å². The predicted molar refractivity (Wildman–Crippen MR) is 143 cm³/mol. The molecule has 188 valence electrons. The molecule has 38 heavy (non-hydrogen) atoms. The van der Waals surface area contributed by atoms with E-state index in [9.17, 15) is 20.1 Å². The highest BCUT2D eigenvalue weighted by Gasteiger charge is 2.72. The first-order valence-corrected chi connectivity index (χ1v) is 12.4. The molecular weight excluding hydrogens is 474 g/mol. The third kappa shape index (κ3) is 3.45. The lowest BCUT2D eigenvalue weighted by Gasteiger charge is -2.38. The number of amides is 1. The van der Waals surface area contributed by atoms with Crippen LogP contribution >= 0.6 is 0 Å². The van der Waals surface area contributed by atoms with Gasteiger partial charge in [0.25, 0.3) is 0 Å². The summed E-state index contributed by atoms with van der Waals surface area (Å²) in [6.45, 7) is 7.22. The quantitative estimate of drug-likeness (QED) is 0.410. The standard InChI is InChI=1S/C32H27N3O3/c1-21-14-16-23(17-15-21)35-26-13-9-8-12-25(26)32(29(35)37)27(22-10-6-5-7-11-22)24(18-31(32,19-33)20-34)28(36)38-30(2,3)4/h5-18,27H,1-4H3/t27-,32+/m0/s1. The molecule has 1 aliphatic heterocycles. The zero-order chi connectivity index (χ0) is 27.3. The molecule has 0 aromatic heterocycles. The Balaban J connectivity index is 1.85. The van der Waals surface area contributed by atoms with E-state index in [-0.39, 0.29) is 5.57 Å². The summed E-state index contributed by atoms with van der Waals surface area (Å²) in [5.74, 6) is -2.02. The molecule has 2 atom stereocenters. The highest BCUT2D eigenvalue weighted by atomic mass is 16.6. The van der Waals surface area contributed by atoms with E-state index in [0.717, 1.165) is 5.56 Å². The van der Waals surface area contributed by atoms with Gasteiger partial charge in [0.1, 0.15) is 11.0 Å². The molecule has 1 heterocycles. The number of carbonyl (C=O) groups excluding carboxylic acids is 2. The molecule has 0 radical (unpaired) electrons. The van der Waals surface area contributed by atoms with Crippen LogP contribution in [0.5, 0.6) is 0 Å². The van der Waals surface area contributed by atoms with Crippen LogP contribution in [0.4, 0.5) is 11.4 Å². The Labute approximate surface area is 222 Å². The van der Waals surface area contributed by atoms with Gasteiger partial charge in [0.15, 0.2) is 5.41 Å². The average molecular weight is 502 g/mol. The van der Waals surface area contributed by atoms with Gasteiger partial charge in [-0.2, -0.15) is 10.5 Å². The Morgan fingerprint density at radius 1 is 0.921 bits per heavy atom. The van der Waals surface area contributed by atoms with Crippen LogP contribution in [0.15, 0.2) is 90.5 Å². The van der Waals surface area contributed by atoms with E-state index < -0.39 is 34.2 Å². The van der Waals surface area contributed by atoms with Gasteiger partial charge in [-0.25, -0.2) is 4.79 Å². The van der Waals surface area contributed by atoms with Crippen LogP contribution in [0.1, 0.15) is 43.4 Å². The van der Waals surface area contributed by atoms with Gasteiger partial charge in [-0.3, -0.25) is 9.69 Å². The number of esters is 1. The summed E-state index contributed by atoms with van der Waals surface area (Å²) in [5, 5.41) is 21.3. The summed E-state index contributed by atoms with van der Waals surface area (Å²) >= 11 is 0. The summed E-state index contributed by atoms with van der Waals surface area (Å²) in [7, 11) is 0. The number of rotatable bonds is 3. The van der Waals surface area contributed by atoms with Crippen molar-refractivity contribution in [2.45, 2.75) is 44.6 Å². The second-order valence-electron chi connectivity index (χ2n) is 10.8. The Bertz CT molecular complexity index is 1540. The Morgan fingerprint density at radius 3 is 2.13 bits per heavy atom. The normalized spacial score (nSPS) is 21.4. The fourth-order valence-electron chi connectivity index (χ4n) is 5.76. The van der Waals surface area contributed by atoms with Crippen molar-refractivity contribution in [3.8, 4) is 12.1 Å². The van der Waals surface area contributed by atoms with Gasteiger partial charge < -0.3 is 4.74 Å². The van der Waals surface area contributed by atoms with E-state index in [2.05, 4.69) is 12.1 Å². The predicted octanol–water partition coefficient (Wildman–Crippen LogP) is 6.01. The van der Waals surface area contributed by atoms with E-state index in [0.29, 0.717) is 22.5 Å². The minimum Gasteiger partial charge on any atom is -0.457 e. The molecule has 0 saturated heterocycles. The third-order valence-electron chi connectivity index (χ3n) is 7.26. The molecule has 0 N–H and O–H groups in total. The number of para-hydroxylation sites is 1. The van der Waals surface area contributed by atoms with Crippen molar-refractivity contribution in [1.29, 1.82) is 10.5 Å². The number of hydrogen-bond donors (Lipinski definition) is 0. The first-order chi connectivity index (χ1) is 18.1. The maximum Gasteiger partial charge on any atom is 0.334 e. The number of hydrogen-bond acceptors (Lipinski definition) is 5. The van der Waals surface area contributed by atoms with Crippen molar-refractivity contribution in [1.82, 2.24) is 0 Å². The monoisotopic (exact) mass is 501 g/mol. The number of ether oxygens (including phenoxy) is 1. The van der Waals surface area contributed by atoms with Crippen LogP contribution in [-0.2, 0) is 19.7 Å². The maximum absolute atomic E-state index is 14.9. The molecule has 0 saturated carbocycles. The Kier molecular flexibility index (Phi) is 5.73. The lowest BCUT2D eigenvalue weighted by atomic mass is 9.57. The Morgan fingerprint density at radius 2 is 1.53 bits per heavy atom. The zero-order valence-corrected chi connectivity index (χ0v) is 21.7. The SMILES string of the molecule is Cc1ccc(N2C(=O)[C@@]3(c4ccccc42)[C@@H](c2ccccc2)C(C(=O)OC(C)(C)C)=CC3(C#N)C#N)cc1. The minimum absolute atomic E-state index is 0.128. The molecule has 3 aromatic carbocycles. The molecule has 5 rings (SSSR count). The van der Waals surface area contributed by atoms with Crippen molar-refractivity contribution in [3.05, 3.63) is 107 Å². The molecule has 1 aliphatic carbocycles. The molecule has 6 heteroatoms. The fraction of sp³-hybridized carbons (Fsp3) is 0.250. The first kappa shape index (κ1) is 25.0. The van der Waals surface area contributed by atoms with E-state index in [1.54, 1.807) is 37.8 Å². The number of nitriles is 2. The van der Waals surface area contributed by atoms with E-state index in [1.165, 1.54) is 6.08 Å². The molecule has 0 unspecified atom stereocenters. The number of anilines is 2. The van der Waals surface area contributed by atoms with Crippen molar-refractivity contribution in [3.63, 3.8) is 0 Å². The Hall–Kier alpha value is -4.68. The first-order valence-electron chi connectivity index (χ1n) is 12.4. The molecule has 3 aromatic rings. The maximum atomic E-state index is 14.9. The molecule has 1 spiro atoms. The highest BCUT2D eigenvalue weighted by molar-refractivity contribution is 6.17. The lowest BCUT2D eigenvalue weighted by molar-refractivity contribution is -0.150. The number of aryl methyl sites for hydroxylation is 1. The van der Waals surface area contributed by atoms with Crippen LogP contribution in [0.25, 0.3) is 0 Å². The fourth-order valence-corrected chi connectivity index (χ4v) is 5.76. The topological polar surface area (TPSA) is 94.2 Å². The number of carbonyl (C=O) groups is 2. The molecule has 6 nitrogen and oxygen atoms in total. The second kappa shape index (κ2) is 8.71. The van der Waals surface area contributed by atoms with Crippen LogP contribution in [0, 0.1) is 35.0 Å². The van der Waals surface area contributed by atoms with Crippen LogP contribution < -0.4 is 4.90 Å². The highest BCUT2D eigenvalue weighted by Crippen LogP contribution is 2.66. The molecule has 2 aliphatic rings. The average Bonchev–Trinajstić information content (AvgIpc) is 3.35. The zero-order valence-electron chi connectivity index (χ0n) is 21.7. The number of benzene rings is 3. The minimum atomic E-state index is -1.97. The largest absolute Gasteiger partial charge is 0.457 e. The second-order valence-corrected chi connectivity index (χ2v) is 10.8. The van der Waals surface area contributed by atoms with Gasteiger partial charge in [0, 0.05) is 17.2 Å². The van der Waals surface area contributed by atoms with Gasteiger partial charge in [-0.05, 0) is 63.1 Å². The van der Waals surface area contributed by atoms with Gasteiger partial charge in [-0.15, -0.1) is 0 Å². The lowest BCUT2D eigenvalue weighted by Crippen LogP contribution is -2.51. The van der Waals surface area contributed by atoms with E-state index in [4.69, 9.17) is 4.74 Å². The smallest absolute Gasteiger partial charge is 0.334 e. The van der Waals surface area contributed by atoms with Gasteiger partial charge in [0.05, 0.1) is 17.8 Å². The number of nitrogens with zero attached hydrogens (tertiary/aromatic N) is 3. The van der Waals surface area contributed by atoms with Crippen molar-refractivity contribution >= 4 is 23.3 Å². The van der Waals surface area contributed by atoms with Crippen molar-refractivity contribution < 1.29 is 14.3 Å². The molecule has 0 bridgehead atoms. The molecule has 1 amide bonds. The van der Waals surface area contributed by atoms with Crippen LogP contribution in [-0.4, -0.2) is 17.5 Å². The van der Waals surface area contributed by atoms with E-state index >= 15 is 0 Å². The number of fused-ring (bicyclic) bond motifs is 2. The van der Waals surface area contributed by atoms with Gasteiger partial charge in [0.2, 0.25) is 5.91 Å². The van der Waals surface area contributed by atoms with Gasteiger partial charge in [-0.1, -0.05) is 66.2 Å². The third-order valence-corrected chi connectivity index (χ3v) is 7.26. The summed E-state index contributed by atoms with van der Waals surface area (Å²) in [6.07, 6.45) is 1.37.